The quantitative estimate of drug-likeness (QED) is 0.689. The van der Waals surface area contributed by atoms with Crippen LogP contribution >= 0.6 is 0 Å². The van der Waals surface area contributed by atoms with Gasteiger partial charge in [-0.1, -0.05) is 13.8 Å². The highest BCUT2D eigenvalue weighted by atomic mass is 16.3. The third-order valence-electron chi connectivity index (χ3n) is 8.71. The van der Waals surface area contributed by atoms with Crippen molar-refractivity contribution in [3.8, 4) is 0 Å². The number of hydrogen-bond donors (Lipinski definition) is 3. The van der Waals surface area contributed by atoms with Crippen LogP contribution < -0.4 is 5.32 Å². The van der Waals surface area contributed by atoms with Crippen LogP contribution in [-0.2, 0) is 4.79 Å². The largest absolute Gasteiger partial charge is 0.393 e. The lowest BCUT2D eigenvalue weighted by molar-refractivity contribution is -0.159. The zero-order valence-electron chi connectivity index (χ0n) is 15.3. The van der Waals surface area contributed by atoms with Crippen molar-refractivity contribution < 1.29 is 15.0 Å². The number of rotatable bonds is 1. The van der Waals surface area contributed by atoms with E-state index in [2.05, 4.69) is 19.2 Å². The van der Waals surface area contributed by atoms with E-state index in [1.165, 1.54) is 0 Å². The number of carbonyl (C=O) groups is 1. The average Bonchev–Trinajstić information content (AvgIpc) is 2.86. The van der Waals surface area contributed by atoms with E-state index in [9.17, 15) is 15.0 Å². The lowest BCUT2D eigenvalue weighted by atomic mass is 9.48. The summed E-state index contributed by atoms with van der Waals surface area (Å²) in [5.74, 6) is 1.49. The van der Waals surface area contributed by atoms with Crippen molar-refractivity contribution in [2.24, 2.45) is 34.5 Å². The van der Waals surface area contributed by atoms with Gasteiger partial charge in [0.05, 0.1) is 12.2 Å². The fraction of sp³-hybridized carbons (Fsp3) is 0.950. The highest BCUT2D eigenvalue weighted by Gasteiger charge is 2.63. The van der Waals surface area contributed by atoms with E-state index in [1.807, 2.05) is 6.92 Å². The van der Waals surface area contributed by atoms with Gasteiger partial charge in [-0.3, -0.25) is 4.79 Å². The lowest BCUT2D eigenvalue weighted by Gasteiger charge is -2.60. The molecule has 0 aromatic carbocycles. The van der Waals surface area contributed by atoms with Crippen molar-refractivity contribution in [2.75, 3.05) is 0 Å². The van der Waals surface area contributed by atoms with E-state index in [0.717, 1.165) is 38.5 Å². The number of aliphatic hydroxyl groups excluding tert-OH is 2. The van der Waals surface area contributed by atoms with Crippen LogP contribution in [0.3, 0.4) is 0 Å². The summed E-state index contributed by atoms with van der Waals surface area (Å²) in [6, 6.07) is 0.133. The molecule has 4 nitrogen and oxygen atoms in total. The van der Waals surface area contributed by atoms with Crippen molar-refractivity contribution in [2.45, 2.75) is 84.0 Å². The molecule has 24 heavy (non-hydrogen) atoms. The maximum absolute atomic E-state index is 13.0. The van der Waals surface area contributed by atoms with Gasteiger partial charge < -0.3 is 15.5 Å². The summed E-state index contributed by atoms with van der Waals surface area (Å²) >= 11 is 0. The van der Waals surface area contributed by atoms with Gasteiger partial charge in [0, 0.05) is 12.0 Å². The molecule has 0 spiro atoms. The third kappa shape index (κ3) is 2.14. The van der Waals surface area contributed by atoms with E-state index in [-0.39, 0.29) is 40.9 Å². The van der Waals surface area contributed by atoms with Gasteiger partial charge in [0.1, 0.15) is 0 Å². The van der Waals surface area contributed by atoms with E-state index in [4.69, 9.17) is 0 Å². The molecule has 0 aromatic rings. The summed E-state index contributed by atoms with van der Waals surface area (Å²) in [6.45, 7) is 6.60. The minimum absolute atomic E-state index is 0.101. The Morgan fingerprint density at radius 2 is 1.75 bits per heavy atom. The first kappa shape index (κ1) is 16.8. The van der Waals surface area contributed by atoms with Crippen LogP contribution in [0.4, 0.5) is 0 Å². The molecule has 4 rings (SSSR count). The average molecular weight is 335 g/mol. The molecule has 4 aliphatic rings. The molecule has 0 radical (unpaired) electrons. The van der Waals surface area contributed by atoms with Crippen LogP contribution in [0.5, 0.6) is 0 Å². The molecule has 0 bridgehead atoms. The first-order valence-electron chi connectivity index (χ1n) is 9.94. The fourth-order valence-corrected chi connectivity index (χ4v) is 7.32. The Bertz CT molecular complexity index is 535. The SMILES string of the molecule is C[C@@H](O)[C@H]1CC[C@H]2[C@@H]3C(=O)N[C@H]4C[C@@H](O)CC[C@]4(C)[C@H]3CC[C@]12C. The first-order chi connectivity index (χ1) is 11.3. The lowest BCUT2D eigenvalue weighted by Crippen LogP contribution is -2.66. The van der Waals surface area contributed by atoms with Crippen molar-refractivity contribution in [3.05, 3.63) is 0 Å². The van der Waals surface area contributed by atoms with Crippen molar-refractivity contribution in [3.63, 3.8) is 0 Å². The Labute approximate surface area is 145 Å². The molecule has 1 heterocycles. The minimum atomic E-state index is -0.281. The van der Waals surface area contributed by atoms with Gasteiger partial charge in [0.25, 0.3) is 0 Å². The molecule has 3 aliphatic carbocycles. The molecule has 1 amide bonds. The molecule has 3 N–H and O–H groups in total. The van der Waals surface area contributed by atoms with E-state index < -0.39 is 0 Å². The van der Waals surface area contributed by atoms with Gasteiger partial charge in [0.15, 0.2) is 0 Å². The second kappa shape index (κ2) is 5.44. The maximum atomic E-state index is 13.0. The summed E-state index contributed by atoms with van der Waals surface area (Å²) in [4.78, 5) is 13.0. The number of fused-ring (bicyclic) bond motifs is 5. The molecule has 1 saturated heterocycles. The number of piperidine rings is 1. The Kier molecular flexibility index (Phi) is 3.82. The normalized spacial score (nSPS) is 55.1. The number of amides is 1. The highest BCUT2D eigenvalue weighted by Crippen LogP contribution is 2.64. The number of aliphatic hydroxyl groups is 2. The Morgan fingerprint density at radius 1 is 1.08 bits per heavy atom. The van der Waals surface area contributed by atoms with Crippen LogP contribution in [0.25, 0.3) is 0 Å². The summed E-state index contributed by atoms with van der Waals surface area (Å²) < 4.78 is 0. The molecule has 9 atom stereocenters. The molecule has 136 valence electrons. The van der Waals surface area contributed by atoms with Gasteiger partial charge in [-0.2, -0.15) is 0 Å². The van der Waals surface area contributed by atoms with Gasteiger partial charge >= 0.3 is 0 Å². The van der Waals surface area contributed by atoms with E-state index in [0.29, 0.717) is 24.2 Å². The van der Waals surface area contributed by atoms with E-state index in [1.54, 1.807) is 0 Å². The van der Waals surface area contributed by atoms with Crippen LogP contribution in [0.2, 0.25) is 0 Å². The Balaban J connectivity index is 1.66. The molecule has 0 aromatic heterocycles. The smallest absolute Gasteiger partial charge is 0.223 e. The Hall–Kier alpha value is -0.610. The molecule has 4 fully saturated rings. The van der Waals surface area contributed by atoms with Crippen LogP contribution in [0.15, 0.2) is 0 Å². The number of hydrogen-bond acceptors (Lipinski definition) is 3. The predicted octanol–water partition coefficient (Wildman–Crippen LogP) is 2.48. The number of nitrogens with one attached hydrogen (secondary N) is 1. The molecular weight excluding hydrogens is 302 g/mol. The van der Waals surface area contributed by atoms with Gasteiger partial charge in [0.2, 0.25) is 5.91 Å². The molecule has 3 saturated carbocycles. The van der Waals surface area contributed by atoms with E-state index >= 15 is 0 Å². The Morgan fingerprint density at radius 3 is 2.46 bits per heavy atom. The van der Waals surface area contributed by atoms with Gasteiger partial charge in [-0.05, 0) is 80.5 Å². The highest BCUT2D eigenvalue weighted by molar-refractivity contribution is 5.81. The first-order valence-corrected chi connectivity index (χ1v) is 9.94. The standard InChI is InChI=1S/C20H33NO3/c1-11(22)13-4-5-14-17-15(7-9-19(13,14)2)20(3)8-6-12(23)10-16(20)21-18(17)24/h11-17,22-23H,4-10H2,1-3H3,(H,21,24)/t11-,12+,13-,14+,15+,16+,17+,19-,20-/m1/s1. The molecule has 1 aliphatic heterocycles. The van der Waals surface area contributed by atoms with Crippen LogP contribution in [-0.4, -0.2) is 34.4 Å². The topological polar surface area (TPSA) is 69.6 Å². The molecular formula is C20H33NO3. The van der Waals surface area contributed by atoms with Crippen molar-refractivity contribution in [1.82, 2.24) is 5.32 Å². The summed E-state index contributed by atoms with van der Waals surface area (Å²) in [6.07, 6.45) is 6.40. The zero-order chi connectivity index (χ0) is 17.3. The number of carbonyl (C=O) groups excluding carboxylic acids is 1. The van der Waals surface area contributed by atoms with Crippen molar-refractivity contribution in [1.29, 1.82) is 0 Å². The van der Waals surface area contributed by atoms with Crippen LogP contribution in [0, 0.1) is 34.5 Å². The summed E-state index contributed by atoms with van der Waals surface area (Å²) in [5.41, 5.74) is 0.228. The maximum Gasteiger partial charge on any atom is 0.223 e. The van der Waals surface area contributed by atoms with Crippen LogP contribution in [0.1, 0.15) is 65.7 Å². The monoisotopic (exact) mass is 335 g/mol. The second-order valence-electron chi connectivity index (χ2n) is 9.70. The fourth-order valence-electron chi connectivity index (χ4n) is 7.32. The summed E-state index contributed by atoms with van der Waals surface area (Å²) in [7, 11) is 0. The van der Waals surface area contributed by atoms with Gasteiger partial charge in [-0.15, -0.1) is 0 Å². The second-order valence-corrected chi connectivity index (χ2v) is 9.70. The molecule has 0 unspecified atom stereocenters. The predicted molar refractivity (Wildman–Crippen MR) is 92.1 cm³/mol. The molecule has 4 heteroatoms. The van der Waals surface area contributed by atoms with Crippen molar-refractivity contribution >= 4 is 5.91 Å². The minimum Gasteiger partial charge on any atom is -0.393 e. The zero-order valence-corrected chi connectivity index (χ0v) is 15.3. The summed E-state index contributed by atoms with van der Waals surface area (Å²) in [5, 5.41) is 23.6. The van der Waals surface area contributed by atoms with Gasteiger partial charge in [-0.25, -0.2) is 0 Å². The third-order valence-corrected chi connectivity index (χ3v) is 8.71.